The van der Waals surface area contributed by atoms with Crippen LogP contribution in [0.25, 0.3) is 16.9 Å². The van der Waals surface area contributed by atoms with Gasteiger partial charge in [0.15, 0.2) is 0 Å². The molecule has 7 heteroatoms. The highest BCUT2D eigenvalue weighted by Crippen LogP contribution is 2.31. The second kappa shape index (κ2) is 9.84. The number of halogens is 1. The lowest BCUT2D eigenvalue weighted by Gasteiger charge is -2.28. The third-order valence-electron chi connectivity index (χ3n) is 6.21. The first-order chi connectivity index (χ1) is 15.6. The molecule has 1 aromatic heterocycles. The van der Waals surface area contributed by atoms with E-state index in [0.29, 0.717) is 17.4 Å². The van der Waals surface area contributed by atoms with E-state index in [4.69, 9.17) is 20.8 Å². The maximum absolute atomic E-state index is 14.3. The Kier molecular flexibility index (Phi) is 6.72. The van der Waals surface area contributed by atoms with E-state index < -0.39 is 5.82 Å². The standard InChI is InChI=1S/C25H28FN5O/c1-32-22-9-7-21(8-10-22)31-24(19-5-6-20(15-28)23(26)12-19)13-25(30-31)29-16-18-4-2-3-17(11-18)14-27/h5-10,12-13,17-18H,2-4,11,14,16,27H2,1H3,(H,29,30)/t17-,18+/m0/s1. The Hall–Kier alpha value is -3.37. The van der Waals surface area contributed by atoms with Crippen LogP contribution in [0.4, 0.5) is 10.2 Å². The minimum atomic E-state index is -0.544. The fourth-order valence-corrected chi connectivity index (χ4v) is 4.41. The summed E-state index contributed by atoms with van der Waals surface area (Å²) in [5.74, 6) is 2.10. The summed E-state index contributed by atoms with van der Waals surface area (Å²) >= 11 is 0. The Balaban J connectivity index is 1.63. The van der Waals surface area contributed by atoms with Crippen molar-refractivity contribution in [3.8, 4) is 28.8 Å². The molecule has 0 amide bonds. The second-order valence-corrected chi connectivity index (χ2v) is 8.35. The first-order valence-corrected chi connectivity index (χ1v) is 11.0. The second-order valence-electron chi connectivity index (χ2n) is 8.35. The molecule has 1 saturated carbocycles. The highest BCUT2D eigenvalue weighted by Gasteiger charge is 2.21. The van der Waals surface area contributed by atoms with Crippen molar-refractivity contribution >= 4 is 5.82 Å². The van der Waals surface area contributed by atoms with Crippen LogP contribution in [-0.2, 0) is 0 Å². The monoisotopic (exact) mass is 433 g/mol. The summed E-state index contributed by atoms with van der Waals surface area (Å²) in [5.41, 5.74) is 8.13. The van der Waals surface area contributed by atoms with Crippen LogP contribution >= 0.6 is 0 Å². The lowest BCUT2D eigenvalue weighted by molar-refractivity contribution is 0.281. The van der Waals surface area contributed by atoms with Gasteiger partial charge in [-0.25, -0.2) is 9.07 Å². The fraction of sp³-hybridized carbons (Fsp3) is 0.360. The number of nitrogens with zero attached hydrogens (tertiary/aromatic N) is 3. The Morgan fingerprint density at radius 1 is 1.19 bits per heavy atom. The molecule has 0 bridgehead atoms. The number of hydrogen-bond acceptors (Lipinski definition) is 5. The number of nitrogens with two attached hydrogens (primary N) is 1. The summed E-state index contributed by atoms with van der Waals surface area (Å²) in [4.78, 5) is 0. The predicted molar refractivity (Wildman–Crippen MR) is 123 cm³/mol. The molecule has 1 fully saturated rings. The first kappa shape index (κ1) is 21.8. The van der Waals surface area contributed by atoms with Gasteiger partial charge in [0.1, 0.15) is 23.5 Å². The number of nitrogens with one attached hydrogen (secondary N) is 1. The molecule has 0 unspecified atom stereocenters. The Labute approximate surface area is 187 Å². The molecule has 166 valence electrons. The number of rotatable bonds is 7. The van der Waals surface area contributed by atoms with E-state index in [-0.39, 0.29) is 5.56 Å². The van der Waals surface area contributed by atoms with Crippen molar-refractivity contribution in [2.24, 2.45) is 17.6 Å². The van der Waals surface area contributed by atoms with Crippen molar-refractivity contribution in [1.82, 2.24) is 9.78 Å². The number of methoxy groups -OCH3 is 1. The van der Waals surface area contributed by atoms with E-state index in [9.17, 15) is 4.39 Å². The summed E-state index contributed by atoms with van der Waals surface area (Å²) in [6.07, 6.45) is 4.75. The molecule has 3 aromatic rings. The average molecular weight is 434 g/mol. The molecular weight excluding hydrogens is 405 g/mol. The summed E-state index contributed by atoms with van der Waals surface area (Å²) in [6.45, 7) is 1.58. The van der Waals surface area contributed by atoms with Gasteiger partial charge in [0.05, 0.1) is 24.1 Å². The van der Waals surface area contributed by atoms with Gasteiger partial charge in [0.25, 0.3) is 0 Å². The molecule has 2 atom stereocenters. The number of anilines is 1. The van der Waals surface area contributed by atoms with Gasteiger partial charge < -0.3 is 15.8 Å². The van der Waals surface area contributed by atoms with Crippen LogP contribution in [0.5, 0.6) is 5.75 Å². The Morgan fingerprint density at radius 2 is 1.97 bits per heavy atom. The summed E-state index contributed by atoms with van der Waals surface area (Å²) in [5, 5.41) is 17.3. The quantitative estimate of drug-likeness (QED) is 0.562. The summed E-state index contributed by atoms with van der Waals surface area (Å²) in [7, 11) is 1.62. The van der Waals surface area contributed by atoms with Gasteiger partial charge in [-0.2, -0.15) is 5.26 Å². The molecule has 1 heterocycles. The maximum Gasteiger partial charge on any atom is 0.149 e. The van der Waals surface area contributed by atoms with Crippen LogP contribution in [-0.4, -0.2) is 30.0 Å². The topological polar surface area (TPSA) is 88.9 Å². The van der Waals surface area contributed by atoms with Gasteiger partial charge in [-0.05, 0) is 74.0 Å². The summed E-state index contributed by atoms with van der Waals surface area (Å²) in [6, 6.07) is 16.0. The molecule has 3 N–H and O–H groups in total. The third-order valence-corrected chi connectivity index (χ3v) is 6.21. The Morgan fingerprint density at radius 3 is 2.66 bits per heavy atom. The summed E-state index contributed by atoms with van der Waals surface area (Å²) < 4.78 is 21.4. The lowest BCUT2D eigenvalue weighted by atomic mass is 9.81. The molecule has 0 aliphatic heterocycles. The first-order valence-electron chi connectivity index (χ1n) is 11.0. The normalized spacial score (nSPS) is 18.2. The number of hydrogen-bond donors (Lipinski definition) is 2. The SMILES string of the molecule is COc1ccc(-n2nc(NC[C@@H]3CCC[C@H](CN)C3)cc2-c2ccc(C#N)c(F)c2)cc1. The van der Waals surface area contributed by atoms with Gasteiger partial charge in [-0.3, -0.25) is 0 Å². The smallest absolute Gasteiger partial charge is 0.149 e. The van der Waals surface area contributed by atoms with E-state index >= 15 is 0 Å². The van der Waals surface area contributed by atoms with E-state index in [1.807, 2.05) is 36.4 Å². The zero-order valence-electron chi connectivity index (χ0n) is 18.2. The van der Waals surface area contributed by atoms with Crippen molar-refractivity contribution in [1.29, 1.82) is 5.26 Å². The number of aromatic nitrogens is 2. The molecule has 32 heavy (non-hydrogen) atoms. The maximum atomic E-state index is 14.3. The fourth-order valence-electron chi connectivity index (χ4n) is 4.41. The minimum Gasteiger partial charge on any atom is -0.497 e. The van der Waals surface area contributed by atoms with Crippen molar-refractivity contribution in [3.63, 3.8) is 0 Å². The minimum absolute atomic E-state index is 0.0226. The van der Waals surface area contributed by atoms with Crippen LogP contribution < -0.4 is 15.8 Å². The molecule has 0 radical (unpaired) electrons. The van der Waals surface area contributed by atoms with Crippen LogP contribution in [0.2, 0.25) is 0 Å². The van der Waals surface area contributed by atoms with E-state index in [0.717, 1.165) is 42.5 Å². The van der Waals surface area contributed by atoms with Gasteiger partial charge in [0, 0.05) is 18.2 Å². The number of ether oxygens (including phenoxy) is 1. The van der Waals surface area contributed by atoms with Crippen LogP contribution in [0.3, 0.4) is 0 Å². The van der Waals surface area contributed by atoms with Crippen molar-refractivity contribution in [3.05, 3.63) is 59.9 Å². The molecular formula is C25H28FN5O. The van der Waals surface area contributed by atoms with Gasteiger partial charge in [-0.1, -0.05) is 12.5 Å². The average Bonchev–Trinajstić information content (AvgIpc) is 3.27. The molecule has 1 aliphatic carbocycles. The van der Waals surface area contributed by atoms with Crippen molar-refractivity contribution in [2.45, 2.75) is 25.7 Å². The van der Waals surface area contributed by atoms with Crippen LogP contribution in [0, 0.1) is 29.0 Å². The largest absolute Gasteiger partial charge is 0.497 e. The third kappa shape index (κ3) is 4.76. The molecule has 0 spiro atoms. The van der Waals surface area contributed by atoms with Gasteiger partial charge in [-0.15, -0.1) is 5.10 Å². The highest BCUT2D eigenvalue weighted by molar-refractivity contribution is 5.67. The van der Waals surface area contributed by atoms with E-state index in [1.165, 1.54) is 31.4 Å². The molecule has 0 saturated heterocycles. The van der Waals surface area contributed by atoms with Crippen molar-refractivity contribution in [2.75, 3.05) is 25.5 Å². The van der Waals surface area contributed by atoms with E-state index in [1.54, 1.807) is 17.9 Å². The predicted octanol–water partition coefficient (Wildman–Crippen LogP) is 4.74. The molecule has 2 aromatic carbocycles. The molecule has 6 nitrogen and oxygen atoms in total. The van der Waals surface area contributed by atoms with Gasteiger partial charge >= 0.3 is 0 Å². The van der Waals surface area contributed by atoms with Gasteiger partial charge in [0.2, 0.25) is 0 Å². The zero-order chi connectivity index (χ0) is 22.5. The zero-order valence-corrected chi connectivity index (χ0v) is 18.2. The highest BCUT2D eigenvalue weighted by atomic mass is 19.1. The van der Waals surface area contributed by atoms with E-state index in [2.05, 4.69) is 5.32 Å². The molecule has 1 aliphatic rings. The number of nitriles is 1. The van der Waals surface area contributed by atoms with Crippen LogP contribution in [0.15, 0.2) is 48.5 Å². The lowest BCUT2D eigenvalue weighted by Crippen LogP contribution is -2.26. The number of benzene rings is 2. The Bertz CT molecular complexity index is 1100. The van der Waals surface area contributed by atoms with Crippen molar-refractivity contribution < 1.29 is 9.13 Å². The molecule has 4 rings (SSSR count). The van der Waals surface area contributed by atoms with Crippen LogP contribution in [0.1, 0.15) is 31.2 Å².